The second-order valence-electron chi connectivity index (χ2n) is 4.77. The fourth-order valence-corrected chi connectivity index (χ4v) is 1.96. The first kappa shape index (κ1) is 9.97. The van der Waals surface area contributed by atoms with Crippen LogP contribution in [0.5, 0.6) is 0 Å². The second kappa shape index (κ2) is 3.89. The summed E-state index contributed by atoms with van der Waals surface area (Å²) in [6.45, 7) is 3.92. The molecule has 0 amide bonds. The van der Waals surface area contributed by atoms with Gasteiger partial charge in [0.25, 0.3) is 0 Å². The fourth-order valence-electron chi connectivity index (χ4n) is 1.96. The van der Waals surface area contributed by atoms with Crippen molar-refractivity contribution in [3.05, 3.63) is 0 Å². The van der Waals surface area contributed by atoms with E-state index in [0.717, 1.165) is 38.8 Å². The molecule has 0 aromatic carbocycles. The van der Waals surface area contributed by atoms with Crippen LogP contribution in [-0.2, 0) is 9.53 Å². The normalized spacial score (nSPS) is 26.6. The molecule has 2 rings (SSSR count). The van der Waals surface area contributed by atoms with Crippen molar-refractivity contribution in [2.24, 2.45) is 5.41 Å². The van der Waals surface area contributed by atoms with E-state index >= 15 is 0 Å². The topological polar surface area (TPSA) is 38.3 Å². The number of carbonyl (C=O) groups is 1. The smallest absolute Gasteiger partial charge is 0.312 e. The quantitative estimate of drug-likeness (QED) is 0.681. The average Bonchev–Trinajstić information content (AvgIpc) is 2.12. The monoisotopic (exact) mass is 197 g/mol. The van der Waals surface area contributed by atoms with E-state index in [2.05, 4.69) is 5.32 Å². The summed E-state index contributed by atoms with van der Waals surface area (Å²) in [5, 5.41) is 3.27. The van der Waals surface area contributed by atoms with Gasteiger partial charge in [-0.15, -0.1) is 0 Å². The number of esters is 1. The van der Waals surface area contributed by atoms with Crippen LogP contribution in [0.1, 0.15) is 39.0 Å². The summed E-state index contributed by atoms with van der Waals surface area (Å²) in [5.41, 5.74) is -0.221. The van der Waals surface area contributed by atoms with Gasteiger partial charge in [0.05, 0.1) is 5.41 Å². The lowest BCUT2D eigenvalue weighted by Crippen LogP contribution is -2.42. The average molecular weight is 197 g/mol. The minimum Gasteiger partial charge on any atom is -0.462 e. The predicted molar refractivity (Wildman–Crippen MR) is 53.9 cm³/mol. The van der Waals surface area contributed by atoms with Gasteiger partial charge in [0.1, 0.15) is 6.10 Å². The predicted octanol–water partition coefficient (Wildman–Crippen LogP) is 1.47. The molecule has 3 nitrogen and oxygen atoms in total. The largest absolute Gasteiger partial charge is 0.462 e. The summed E-state index contributed by atoms with van der Waals surface area (Å²) in [4.78, 5) is 11.9. The van der Waals surface area contributed by atoms with Gasteiger partial charge in [-0.05, 0) is 52.1 Å². The van der Waals surface area contributed by atoms with Crippen molar-refractivity contribution in [3.63, 3.8) is 0 Å². The second-order valence-corrected chi connectivity index (χ2v) is 4.77. The summed E-state index contributed by atoms with van der Waals surface area (Å²) in [6, 6.07) is 0. The third-order valence-corrected chi connectivity index (χ3v) is 3.53. The summed E-state index contributed by atoms with van der Waals surface area (Å²) >= 11 is 0. The van der Waals surface area contributed by atoms with E-state index in [1.54, 1.807) is 0 Å². The van der Waals surface area contributed by atoms with Gasteiger partial charge in [-0.1, -0.05) is 0 Å². The summed E-state index contributed by atoms with van der Waals surface area (Å²) in [7, 11) is 0. The first-order chi connectivity index (χ1) is 6.71. The number of ether oxygens (including phenoxy) is 1. The van der Waals surface area contributed by atoms with Crippen molar-refractivity contribution in [2.75, 3.05) is 13.1 Å². The fraction of sp³-hybridized carbons (Fsp3) is 0.909. The minimum atomic E-state index is -0.221. The maximum Gasteiger partial charge on any atom is 0.312 e. The Bertz CT molecular complexity index is 217. The SMILES string of the molecule is CC1(C(=O)OC2CCC2)CCNCC1. The van der Waals surface area contributed by atoms with Crippen molar-refractivity contribution < 1.29 is 9.53 Å². The Hall–Kier alpha value is -0.570. The number of hydrogen-bond acceptors (Lipinski definition) is 3. The van der Waals surface area contributed by atoms with Gasteiger partial charge in [-0.25, -0.2) is 0 Å². The molecule has 1 saturated heterocycles. The van der Waals surface area contributed by atoms with Crippen LogP contribution in [0.2, 0.25) is 0 Å². The Morgan fingerprint density at radius 2 is 2.00 bits per heavy atom. The zero-order valence-corrected chi connectivity index (χ0v) is 8.84. The molecule has 3 heteroatoms. The van der Waals surface area contributed by atoms with E-state index in [1.165, 1.54) is 6.42 Å². The molecule has 0 spiro atoms. The lowest BCUT2D eigenvalue weighted by atomic mass is 9.81. The van der Waals surface area contributed by atoms with E-state index in [1.807, 2.05) is 6.92 Å². The van der Waals surface area contributed by atoms with E-state index in [-0.39, 0.29) is 17.5 Å². The standard InChI is InChI=1S/C11H19NO2/c1-11(5-7-12-8-6-11)10(13)14-9-3-2-4-9/h9,12H,2-8H2,1H3. The van der Waals surface area contributed by atoms with Gasteiger partial charge in [0.2, 0.25) is 0 Å². The van der Waals surface area contributed by atoms with E-state index in [0.29, 0.717) is 0 Å². The van der Waals surface area contributed by atoms with Crippen LogP contribution >= 0.6 is 0 Å². The molecule has 0 bridgehead atoms. The van der Waals surface area contributed by atoms with Gasteiger partial charge in [-0.2, -0.15) is 0 Å². The molecule has 1 aliphatic carbocycles. The summed E-state index contributed by atoms with van der Waals surface area (Å²) < 4.78 is 5.46. The highest BCUT2D eigenvalue weighted by molar-refractivity contribution is 5.76. The zero-order chi connectivity index (χ0) is 10.0. The Labute approximate surface area is 85.2 Å². The maximum absolute atomic E-state index is 11.9. The van der Waals surface area contributed by atoms with Crippen molar-refractivity contribution in [2.45, 2.75) is 45.1 Å². The molecule has 1 N–H and O–H groups in total. The van der Waals surface area contributed by atoms with Gasteiger partial charge in [-0.3, -0.25) is 4.79 Å². The summed E-state index contributed by atoms with van der Waals surface area (Å²) in [6.07, 6.45) is 5.42. The Morgan fingerprint density at radius 1 is 1.36 bits per heavy atom. The van der Waals surface area contributed by atoms with Gasteiger partial charge in [0.15, 0.2) is 0 Å². The zero-order valence-electron chi connectivity index (χ0n) is 8.84. The molecular formula is C11H19NO2. The number of piperidine rings is 1. The molecule has 0 aromatic heterocycles. The molecule has 0 aromatic rings. The molecule has 0 unspecified atom stereocenters. The van der Waals surface area contributed by atoms with Crippen LogP contribution in [0.4, 0.5) is 0 Å². The Kier molecular flexibility index (Phi) is 2.77. The van der Waals surface area contributed by atoms with E-state index in [4.69, 9.17) is 4.74 Å². The van der Waals surface area contributed by atoms with E-state index < -0.39 is 0 Å². The lowest BCUT2D eigenvalue weighted by Gasteiger charge is -2.35. The van der Waals surface area contributed by atoms with Crippen LogP contribution in [-0.4, -0.2) is 25.2 Å². The molecule has 1 heterocycles. The molecule has 2 fully saturated rings. The highest BCUT2D eigenvalue weighted by Crippen LogP contribution is 2.32. The van der Waals surface area contributed by atoms with Crippen LogP contribution in [0.25, 0.3) is 0 Å². The van der Waals surface area contributed by atoms with Crippen LogP contribution in [0.15, 0.2) is 0 Å². The van der Waals surface area contributed by atoms with Crippen LogP contribution < -0.4 is 5.32 Å². The minimum absolute atomic E-state index is 0.0312. The number of rotatable bonds is 2. The highest BCUT2D eigenvalue weighted by Gasteiger charge is 2.38. The number of nitrogens with one attached hydrogen (secondary N) is 1. The molecule has 14 heavy (non-hydrogen) atoms. The van der Waals surface area contributed by atoms with Gasteiger partial charge in [0, 0.05) is 0 Å². The Morgan fingerprint density at radius 3 is 2.50 bits per heavy atom. The highest BCUT2D eigenvalue weighted by atomic mass is 16.5. The third kappa shape index (κ3) is 1.92. The molecule has 1 saturated carbocycles. The van der Waals surface area contributed by atoms with Crippen LogP contribution in [0, 0.1) is 5.41 Å². The lowest BCUT2D eigenvalue weighted by molar-refractivity contribution is -0.166. The molecule has 80 valence electrons. The first-order valence-corrected chi connectivity index (χ1v) is 5.62. The molecular weight excluding hydrogens is 178 g/mol. The van der Waals surface area contributed by atoms with E-state index in [9.17, 15) is 4.79 Å². The van der Waals surface area contributed by atoms with Gasteiger partial charge < -0.3 is 10.1 Å². The Balaban J connectivity index is 1.87. The van der Waals surface area contributed by atoms with Crippen LogP contribution in [0.3, 0.4) is 0 Å². The number of hydrogen-bond donors (Lipinski definition) is 1. The van der Waals surface area contributed by atoms with Crippen molar-refractivity contribution >= 4 is 5.97 Å². The molecule has 0 atom stereocenters. The van der Waals surface area contributed by atoms with Crippen molar-refractivity contribution in [1.29, 1.82) is 0 Å². The molecule has 1 aliphatic heterocycles. The maximum atomic E-state index is 11.9. The third-order valence-electron chi connectivity index (χ3n) is 3.53. The molecule has 0 radical (unpaired) electrons. The molecule has 2 aliphatic rings. The number of carbonyl (C=O) groups excluding carboxylic acids is 1. The van der Waals surface area contributed by atoms with Gasteiger partial charge >= 0.3 is 5.97 Å². The first-order valence-electron chi connectivity index (χ1n) is 5.62. The van der Waals surface area contributed by atoms with Crippen molar-refractivity contribution in [1.82, 2.24) is 5.32 Å². The van der Waals surface area contributed by atoms with Crippen molar-refractivity contribution in [3.8, 4) is 0 Å². The summed E-state index contributed by atoms with van der Waals surface area (Å²) in [5.74, 6) is 0.0312.